The number of aliphatic hydroxyl groups is 8. The average Bonchev–Trinajstić information content (AvgIpc) is 3.02. The van der Waals surface area contributed by atoms with Crippen LogP contribution in [0.15, 0.2) is 0 Å². The molecule has 3 unspecified atom stereocenters. The van der Waals surface area contributed by atoms with E-state index in [1.54, 1.807) is 0 Å². The lowest BCUT2D eigenvalue weighted by molar-refractivity contribution is -0.523. The molecule has 0 heterocycles. The van der Waals surface area contributed by atoms with E-state index < -0.39 is 91.8 Å². The van der Waals surface area contributed by atoms with Crippen molar-refractivity contribution in [1.82, 2.24) is 10.6 Å². The zero-order valence-corrected chi connectivity index (χ0v) is 31.7. The smallest absolute Gasteiger partial charge is 0.253 e. The Morgan fingerprint density at radius 1 is 0.745 bits per heavy atom. The number of carbonyl (C=O) groups is 4. The SMILES string of the molecule is CC(=O)Nc1c(I)c(NC(C)=O)c(I)c(C(=O)NCCNC(=O)[C@H](O)[C@@H](O)C(O[C@H]([O-])C(O)[C@@H](O)[C@@H](O)C(C)CO)[C@H](O)CO)c1I. The number of hydrogen-bond donors (Lipinski definition) is 12. The third kappa shape index (κ3) is 12.3. The van der Waals surface area contributed by atoms with Crippen LogP contribution in [0.3, 0.4) is 0 Å². The molecule has 0 aliphatic heterocycles. The molecule has 18 nitrogen and oxygen atoms in total. The third-order valence-electron chi connectivity index (χ3n) is 6.49. The lowest BCUT2D eigenvalue weighted by Crippen LogP contribution is -2.59. The number of aliphatic hydroxyl groups excluding tert-OH is 8. The van der Waals surface area contributed by atoms with E-state index >= 15 is 0 Å². The van der Waals surface area contributed by atoms with E-state index in [9.17, 15) is 60.0 Å². The predicted octanol–water partition coefficient (Wildman–Crippen LogP) is -3.88. The molecule has 21 heteroatoms. The molecular formula is C26H38I3N4O14-. The van der Waals surface area contributed by atoms with Crippen LogP contribution < -0.4 is 26.4 Å². The van der Waals surface area contributed by atoms with Crippen LogP contribution in [-0.2, 0) is 19.1 Å². The molecule has 0 radical (unpaired) electrons. The van der Waals surface area contributed by atoms with Gasteiger partial charge in [-0.1, -0.05) is 6.92 Å². The lowest BCUT2D eigenvalue weighted by atomic mass is 9.96. The van der Waals surface area contributed by atoms with Gasteiger partial charge in [0.2, 0.25) is 11.8 Å². The summed E-state index contributed by atoms with van der Waals surface area (Å²) in [4.78, 5) is 49.3. The van der Waals surface area contributed by atoms with E-state index in [1.807, 2.05) is 67.8 Å². The number of halogens is 3. The van der Waals surface area contributed by atoms with Crippen molar-refractivity contribution in [3.8, 4) is 0 Å². The summed E-state index contributed by atoms with van der Waals surface area (Å²) in [6.45, 7) is 1.59. The molecule has 0 aromatic heterocycles. The molecular weight excluding hydrogens is 973 g/mol. The highest BCUT2D eigenvalue weighted by atomic mass is 127. The number of hydrogen-bond acceptors (Lipinski definition) is 14. The number of amides is 4. The van der Waals surface area contributed by atoms with Crippen molar-refractivity contribution in [2.24, 2.45) is 5.92 Å². The first kappa shape index (κ1) is 43.9. The molecule has 0 aliphatic carbocycles. The molecule has 0 saturated heterocycles. The Morgan fingerprint density at radius 3 is 1.68 bits per heavy atom. The van der Waals surface area contributed by atoms with E-state index in [1.165, 1.54) is 20.8 Å². The number of anilines is 2. The fraction of sp³-hybridized carbons (Fsp3) is 0.615. The highest BCUT2D eigenvalue weighted by Crippen LogP contribution is 2.39. The first-order valence-corrected chi connectivity index (χ1v) is 17.0. The van der Waals surface area contributed by atoms with Crippen molar-refractivity contribution < 1.29 is 69.9 Å². The summed E-state index contributed by atoms with van der Waals surface area (Å²) < 4.78 is 6.04. The Morgan fingerprint density at radius 2 is 1.23 bits per heavy atom. The van der Waals surface area contributed by atoms with Gasteiger partial charge in [0.05, 0.1) is 46.5 Å². The second-order valence-electron chi connectivity index (χ2n) is 10.3. The molecule has 9 atom stereocenters. The van der Waals surface area contributed by atoms with Crippen molar-refractivity contribution in [3.63, 3.8) is 0 Å². The molecule has 1 aromatic rings. The van der Waals surface area contributed by atoms with Gasteiger partial charge in [-0.05, 0) is 67.8 Å². The van der Waals surface area contributed by atoms with Gasteiger partial charge in [0.25, 0.3) is 11.8 Å². The normalized spacial score (nSPS) is 17.3. The maximum Gasteiger partial charge on any atom is 0.253 e. The zero-order valence-electron chi connectivity index (χ0n) is 25.2. The second kappa shape index (κ2) is 20.5. The van der Waals surface area contributed by atoms with Crippen LogP contribution >= 0.6 is 67.8 Å². The van der Waals surface area contributed by atoms with Gasteiger partial charge in [-0.25, -0.2) is 0 Å². The molecule has 1 rings (SSSR count). The summed E-state index contributed by atoms with van der Waals surface area (Å²) in [5.74, 6) is -3.70. The second-order valence-corrected chi connectivity index (χ2v) is 13.5. The number of ether oxygens (including phenoxy) is 1. The summed E-state index contributed by atoms with van der Waals surface area (Å²) in [7, 11) is 0. The van der Waals surface area contributed by atoms with Crippen LogP contribution in [0.1, 0.15) is 31.1 Å². The molecule has 0 bridgehead atoms. The van der Waals surface area contributed by atoms with Crippen LogP contribution in [-0.4, -0.2) is 140 Å². The predicted molar refractivity (Wildman–Crippen MR) is 187 cm³/mol. The van der Waals surface area contributed by atoms with Gasteiger partial charge >= 0.3 is 0 Å². The van der Waals surface area contributed by atoms with E-state index in [-0.39, 0.29) is 18.7 Å². The monoisotopic (exact) mass is 1010 g/mol. The van der Waals surface area contributed by atoms with Crippen LogP contribution in [0.2, 0.25) is 0 Å². The molecule has 1 aromatic carbocycles. The van der Waals surface area contributed by atoms with Crippen LogP contribution in [0, 0.1) is 16.6 Å². The highest BCUT2D eigenvalue weighted by Gasteiger charge is 2.39. The van der Waals surface area contributed by atoms with Crippen LogP contribution in [0.4, 0.5) is 11.4 Å². The Balaban J connectivity index is 2.97. The summed E-state index contributed by atoms with van der Waals surface area (Å²) >= 11 is 5.65. The standard InChI is InChI=1S/C26H38I3N4O14/c1-8(6-34)18(39)19(40)22(43)26(46)47-23(11(38)7-35)20(41)21(42)25(45)31-5-4-30-24(44)12-13(27)16(32-9(2)36)15(29)17(14(12)28)33-10(3)37/h8,11,18-23,26,34-35,38-43H,4-7H2,1-3H3,(H,30,44)(H,31,45)(H,32,36)(H,33,37)/q-1/t8?,11-,18+,19+,20-,21-,22?,23?,26+/m1/s1. The quantitative estimate of drug-likeness (QED) is 0.0381. The largest absolute Gasteiger partial charge is 0.829 e. The van der Waals surface area contributed by atoms with Gasteiger partial charge in [-0.2, -0.15) is 0 Å². The topological polar surface area (TPSA) is 311 Å². The van der Waals surface area contributed by atoms with Gasteiger partial charge in [0, 0.05) is 45.8 Å². The summed E-state index contributed by atoms with van der Waals surface area (Å²) in [5.41, 5.74) is 0.689. The first-order chi connectivity index (χ1) is 21.8. The Bertz CT molecular complexity index is 1220. The molecule has 0 saturated carbocycles. The summed E-state index contributed by atoms with van der Waals surface area (Å²) in [6.07, 6.45) is -17.9. The maximum absolute atomic E-state index is 13.1. The van der Waals surface area contributed by atoms with Gasteiger partial charge < -0.3 is 72.0 Å². The molecule has 4 amide bonds. The van der Waals surface area contributed by atoms with Crippen molar-refractivity contribution in [2.75, 3.05) is 36.9 Å². The van der Waals surface area contributed by atoms with Gasteiger partial charge in [-0.3, -0.25) is 19.2 Å². The Kier molecular flexibility index (Phi) is 19.2. The molecule has 12 N–H and O–H groups in total. The molecule has 0 aliphatic rings. The minimum absolute atomic E-state index is 0.108. The number of benzene rings is 1. The third-order valence-corrected chi connectivity index (χ3v) is 9.73. The molecule has 268 valence electrons. The van der Waals surface area contributed by atoms with Gasteiger partial charge in [0.15, 0.2) is 6.10 Å². The van der Waals surface area contributed by atoms with E-state index in [0.717, 1.165) is 0 Å². The highest BCUT2D eigenvalue weighted by molar-refractivity contribution is 14.1. The Labute approximate surface area is 310 Å². The minimum atomic E-state index is -2.67. The van der Waals surface area contributed by atoms with Gasteiger partial charge in [0.1, 0.15) is 24.4 Å². The summed E-state index contributed by atoms with van der Waals surface area (Å²) in [6, 6.07) is 0. The van der Waals surface area contributed by atoms with Crippen molar-refractivity contribution in [2.45, 2.75) is 69.8 Å². The Hall–Kier alpha value is -1.11. The van der Waals surface area contributed by atoms with E-state index in [2.05, 4.69) is 21.3 Å². The number of nitrogens with one attached hydrogen (secondary N) is 4. The average molecular weight is 1010 g/mol. The van der Waals surface area contributed by atoms with E-state index in [4.69, 9.17) is 9.84 Å². The van der Waals surface area contributed by atoms with Crippen molar-refractivity contribution in [1.29, 1.82) is 0 Å². The number of rotatable bonds is 18. The fourth-order valence-corrected chi connectivity index (χ4v) is 8.07. The van der Waals surface area contributed by atoms with Crippen molar-refractivity contribution in [3.05, 3.63) is 16.3 Å². The molecule has 0 spiro atoms. The first-order valence-electron chi connectivity index (χ1n) is 13.7. The maximum atomic E-state index is 13.1. The fourth-order valence-electron chi connectivity index (χ4n) is 3.87. The molecule has 47 heavy (non-hydrogen) atoms. The van der Waals surface area contributed by atoms with E-state index in [0.29, 0.717) is 22.1 Å². The van der Waals surface area contributed by atoms with Crippen molar-refractivity contribution >= 4 is 103 Å². The number of carbonyl (C=O) groups excluding carboxylic acids is 4. The minimum Gasteiger partial charge on any atom is -0.829 e. The zero-order chi connectivity index (χ0) is 36.3. The lowest BCUT2D eigenvalue weighted by Gasteiger charge is -2.39. The van der Waals surface area contributed by atoms with Crippen LogP contribution in [0.25, 0.3) is 0 Å². The van der Waals surface area contributed by atoms with Crippen LogP contribution in [0.5, 0.6) is 0 Å². The van der Waals surface area contributed by atoms with Gasteiger partial charge in [-0.15, -0.1) is 0 Å². The summed E-state index contributed by atoms with van der Waals surface area (Å²) in [5, 5.41) is 102. The molecule has 0 fully saturated rings.